The zero-order chi connectivity index (χ0) is 16.1. The number of ether oxygens (including phenoxy) is 1. The number of halogens is 2. The van der Waals surface area contributed by atoms with Gasteiger partial charge in [-0.3, -0.25) is 4.90 Å². The second kappa shape index (κ2) is 7.91. The van der Waals surface area contributed by atoms with Gasteiger partial charge in [0.2, 0.25) is 0 Å². The Bertz CT molecular complexity index is 605. The van der Waals surface area contributed by atoms with E-state index in [1.807, 2.05) is 36.4 Å². The zero-order valence-electron chi connectivity index (χ0n) is 12.9. The third kappa shape index (κ3) is 4.77. The van der Waals surface area contributed by atoms with Crippen LogP contribution < -0.4 is 9.64 Å². The van der Waals surface area contributed by atoms with E-state index >= 15 is 0 Å². The highest BCUT2D eigenvalue weighted by Crippen LogP contribution is 2.19. The molecule has 2 aromatic carbocycles. The van der Waals surface area contributed by atoms with Crippen LogP contribution >= 0.6 is 23.2 Å². The first-order chi connectivity index (χ1) is 11.2. The van der Waals surface area contributed by atoms with E-state index in [4.69, 9.17) is 27.9 Å². The van der Waals surface area contributed by atoms with Crippen LogP contribution in [0, 0.1) is 0 Å². The molecule has 1 saturated heterocycles. The van der Waals surface area contributed by atoms with Crippen LogP contribution in [0.2, 0.25) is 10.0 Å². The minimum atomic E-state index is 0.697. The molecule has 122 valence electrons. The topological polar surface area (TPSA) is 15.7 Å². The molecule has 23 heavy (non-hydrogen) atoms. The fourth-order valence-corrected chi connectivity index (χ4v) is 2.96. The highest BCUT2D eigenvalue weighted by Gasteiger charge is 2.16. The molecule has 0 spiro atoms. The molecule has 1 aliphatic rings. The minimum Gasteiger partial charge on any atom is -0.492 e. The van der Waals surface area contributed by atoms with Crippen molar-refractivity contribution in [2.45, 2.75) is 0 Å². The fraction of sp³-hybridized carbons (Fsp3) is 0.333. The van der Waals surface area contributed by atoms with Crippen LogP contribution in [0.25, 0.3) is 0 Å². The van der Waals surface area contributed by atoms with E-state index < -0.39 is 0 Å². The summed E-state index contributed by atoms with van der Waals surface area (Å²) in [5, 5.41) is 1.52. The van der Waals surface area contributed by atoms with E-state index in [2.05, 4.69) is 21.9 Å². The number of nitrogens with zero attached hydrogens (tertiary/aromatic N) is 2. The maximum absolute atomic E-state index is 5.94. The fourth-order valence-electron chi connectivity index (χ4n) is 2.71. The lowest BCUT2D eigenvalue weighted by atomic mass is 10.2. The van der Waals surface area contributed by atoms with E-state index in [0.717, 1.165) is 48.5 Å². The quantitative estimate of drug-likeness (QED) is 0.803. The van der Waals surface area contributed by atoms with Crippen molar-refractivity contribution >= 4 is 28.9 Å². The molecule has 0 aromatic heterocycles. The lowest BCUT2D eigenvalue weighted by Gasteiger charge is -2.36. The number of hydrogen-bond acceptors (Lipinski definition) is 3. The first-order valence-electron chi connectivity index (χ1n) is 7.82. The van der Waals surface area contributed by atoms with Gasteiger partial charge in [-0.1, -0.05) is 23.2 Å². The zero-order valence-corrected chi connectivity index (χ0v) is 14.4. The van der Waals surface area contributed by atoms with Crippen molar-refractivity contribution < 1.29 is 4.74 Å². The third-order valence-corrected chi connectivity index (χ3v) is 4.56. The molecule has 1 heterocycles. The molecule has 2 aromatic rings. The van der Waals surface area contributed by atoms with E-state index in [1.54, 1.807) is 0 Å². The molecule has 3 rings (SSSR count). The van der Waals surface area contributed by atoms with Crippen molar-refractivity contribution in [2.75, 3.05) is 44.2 Å². The largest absolute Gasteiger partial charge is 0.492 e. The Morgan fingerprint density at radius 2 is 1.35 bits per heavy atom. The summed E-state index contributed by atoms with van der Waals surface area (Å²) in [7, 11) is 0. The summed E-state index contributed by atoms with van der Waals surface area (Å²) in [6.45, 7) is 5.80. The second-order valence-electron chi connectivity index (χ2n) is 5.61. The van der Waals surface area contributed by atoms with Crippen LogP contribution in [-0.4, -0.2) is 44.2 Å². The van der Waals surface area contributed by atoms with Gasteiger partial charge in [0.15, 0.2) is 0 Å². The van der Waals surface area contributed by atoms with Crippen LogP contribution in [0.15, 0.2) is 48.5 Å². The third-order valence-electron chi connectivity index (χ3n) is 4.05. The van der Waals surface area contributed by atoms with Gasteiger partial charge in [-0.25, -0.2) is 0 Å². The Labute approximate surface area is 147 Å². The summed E-state index contributed by atoms with van der Waals surface area (Å²) in [4.78, 5) is 4.83. The van der Waals surface area contributed by atoms with E-state index in [1.165, 1.54) is 5.69 Å². The number of anilines is 1. The van der Waals surface area contributed by atoms with Crippen molar-refractivity contribution in [1.29, 1.82) is 0 Å². The molecule has 1 fully saturated rings. The average molecular weight is 351 g/mol. The van der Waals surface area contributed by atoms with Gasteiger partial charge in [-0.2, -0.15) is 0 Å². The molecular weight excluding hydrogens is 331 g/mol. The van der Waals surface area contributed by atoms with Crippen molar-refractivity contribution in [3.8, 4) is 5.75 Å². The van der Waals surface area contributed by atoms with Crippen LogP contribution in [0.5, 0.6) is 5.75 Å². The van der Waals surface area contributed by atoms with Crippen molar-refractivity contribution in [2.24, 2.45) is 0 Å². The summed E-state index contributed by atoms with van der Waals surface area (Å²) in [6, 6.07) is 15.6. The van der Waals surface area contributed by atoms with Crippen molar-refractivity contribution in [3.05, 3.63) is 58.6 Å². The number of rotatable bonds is 5. The van der Waals surface area contributed by atoms with Gasteiger partial charge < -0.3 is 9.64 Å². The Morgan fingerprint density at radius 3 is 1.96 bits per heavy atom. The Hall–Kier alpha value is -1.42. The number of piperazine rings is 1. The Morgan fingerprint density at radius 1 is 0.783 bits per heavy atom. The maximum atomic E-state index is 5.94. The maximum Gasteiger partial charge on any atom is 0.119 e. The van der Waals surface area contributed by atoms with E-state index in [9.17, 15) is 0 Å². The van der Waals surface area contributed by atoms with Gasteiger partial charge in [0, 0.05) is 48.5 Å². The minimum absolute atomic E-state index is 0.697. The van der Waals surface area contributed by atoms with Crippen molar-refractivity contribution in [3.63, 3.8) is 0 Å². The Kier molecular flexibility index (Phi) is 5.65. The van der Waals surface area contributed by atoms with Gasteiger partial charge in [0.1, 0.15) is 12.4 Å². The van der Waals surface area contributed by atoms with Crippen LogP contribution in [0.3, 0.4) is 0 Å². The lowest BCUT2D eigenvalue weighted by Crippen LogP contribution is -2.47. The molecule has 5 heteroatoms. The highest BCUT2D eigenvalue weighted by atomic mass is 35.5. The smallest absolute Gasteiger partial charge is 0.119 e. The molecule has 0 atom stereocenters. The summed E-state index contributed by atoms with van der Waals surface area (Å²) in [5.41, 5.74) is 1.24. The van der Waals surface area contributed by atoms with Crippen molar-refractivity contribution in [1.82, 2.24) is 4.90 Å². The Balaban J connectivity index is 1.40. The summed E-state index contributed by atoms with van der Waals surface area (Å²) in [6.07, 6.45) is 0. The second-order valence-corrected chi connectivity index (χ2v) is 6.48. The molecule has 0 aliphatic carbocycles. The van der Waals surface area contributed by atoms with E-state index in [-0.39, 0.29) is 0 Å². The predicted molar refractivity (Wildman–Crippen MR) is 97.1 cm³/mol. The molecule has 0 N–H and O–H groups in total. The summed E-state index contributed by atoms with van der Waals surface area (Å²) >= 11 is 11.8. The standard InChI is InChI=1S/C18H20Cl2N2O/c19-15-1-5-17(6-2-15)22-11-9-21(10-12-22)13-14-23-18-7-3-16(20)4-8-18/h1-8H,9-14H2. The van der Waals surface area contributed by atoms with Crippen LogP contribution in [-0.2, 0) is 0 Å². The molecule has 0 bridgehead atoms. The summed E-state index contributed by atoms with van der Waals surface area (Å²) < 4.78 is 5.76. The van der Waals surface area contributed by atoms with E-state index in [0.29, 0.717) is 6.61 Å². The molecule has 0 saturated carbocycles. The van der Waals surface area contributed by atoms with Crippen LogP contribution in [0.1, 0.15) is 0 Å². The average Bonchev–Trinajstić information content (AvgIpc) is 2.58. The van der Waals surface area contributed by atoms with Gasteiger partial charge in [-0.05, 0) is 48.5 Å². The number of hydrogen-bond donors (Lipinski definition) is 0. The molecule has 1 aliphatic heterocycles. The SMILES string of the molecule is Clc1ccc(OCCN2CCN(c3ccc(Cl)cc3)CC2)cc1. The summed E-state index contributed by atoms with van der Waals surface area (Å²) in [5.74, 6) is 0.870. The molecule has 3 nitrogen and oxygen atoms in total. The molecular formula is C18H20Cl2N2O. The first-order valence-corrected chi connectivity index (χ1v) is 8.57. The van der Waals surface area contributed by atoms with Gasteiger partial charge in [0.25, 0.3) is 0 Å². The lowest BCUT2D eigenvalue weighted by molar-refractivity contribution is 0.200. The highest BCUT2D eigenvalue weighted by molar-refractivity contribution is 6.30. The molecule has 0 unspecified atom stereocenters. The predicted octanol–water partition coefficient (Wildman–Crippen LogP) is 4.19. The monoisotopic (exact) mass is 350 g/mol. The molecule has 0 radical (unpaired) electrons. The number of benzene rings is 2. The van der Waals surface area contributed by atoms with Gasteiger partial charge >= 0.3 is 0 Å². The normalized spacial score (nSPS) is 15.7. The van der Waals surface area contributed by atoms with Gasteiger partial charge in [0.05, 0.1) is 0 Å². The first kappa shape index (κ1) is 16.4. The molecule has 0 amide bonds. The van der Waals surface area contributed by atoms with Gasteiger partial charge in [-0.15, -0.1) is 0 Å². The van der Waals surface area contributed by atoms with Crippen LogP contribution in [0.4, 0.5) is 5.69 Å².